The fourth-order valence-corrected chi connectivity index (χ4v) is 2.88. The van der Waals surface area contributed by atoms with Crippen molar-refractivity contribution in [3.8, 4) is 0 Å². The Hall–Kier alpha value is 0.380. The third kappa shape index (κ3) is 3.55. The van der Waals surface area contributed by atoms with E-state index < -0.39 is 24.6 Å². The second kappa shape index (κ2) is 3.86. The predicted molar refractivity (Wildman–Crippen MR) is 49.1 cm³/mol. The van der Waals surface area contributed by atoms with E-state index in [9.17, 15) is 4.57 Å². The van der Waals surface area contributed by atoms with Crippen molar-refractivity contribution < 1.29 is 26.9 Å². The largest absolute Gasteiger partial charge is 0.327 e. The fraction of sp³-hybridized carbons (Fsp3) is 1.00. The molecule has 13 heavy (non-hydrogen) atoms. The summed E-state index contributed by atoms with van der Waals surface area (Å²) in [6.07, 6.45) is -0.569. The molecular formula is C5H13O6PS. The summed E-state index contributed by atoms with van der Waals surface area (Å²) in [6, 6.07) is 0. The topological polar surface area (TPSA) is 85.2 Å². The molecule has 0 saturated carbocycles. The van der Waals surface area contributed by atoms with E-state index in [0.717, 1.165) is 0 Å². The van der Waals surface area contributed by atoms with Crippen LogP contribution in [0.5, 0.6) is 0 Å². The van der Waals surface area contributed by atoms with Crippen LogP contribution in [0.4, 0.5) is 0 Å². The summed E-state index contributed by atoms with van der Waals surface area (Å²) in [7, 11) is -4.77. The summed E-state index contributed by atoms with van der Waals surface area (Å²) >= 11 is 0. The van der Waals surface area contributed by atoms with E-state index >= 15 is 0 Å². The van der Waals surface area contributed by atoms with E-state index in [1.54, 1.807) is 0 Å². The highest BCUT2D eigenvalue weighted by atomic mass is 32.3. The van der Waals surface area contributed by atoms with Gasteiger partial charge in [-0.15, -0.1) is 0 Å². The van der Waals surface area contributed by atoms with Crippen LogP contribution in [0.3, 0.4) is 0 Å². The van der Waals surface area contributed by atoms with E-state index in [1.807, 2.05) is 0 Å². The van der Waals surface area contributed by atoms with E-state index in [4.69, 9.17) is 13.6 Å². The van der Waals surface area contributed by atoms with E-state index in [1.165, 1.54) is 13.8 Å². The van der Waals surface area contributed by atoms with Crippen molar-refractivity contribution in [2.75, 3.05) is 26.1 Å². The first-order valence-corrected chi connectivity index (χ1v) is 7.20. The molecule has 2 unspecified atom stereocenters. The predicted octanol–water partition coefficient (Wildman–Crippen LogP) is 1.54. The third-order valence-electron chi connectivity index (χ3n) is 1.52. The SMILES string of the molecule is COP(C)(=O)OC1COS(O)(O)C1. The maximum Gasteiger partial charge on any atom is 0.327 e. The Labute approximate surface area is 78.3 Å². The third-order valence-corrected chi connectivity index (χ3v) is 4.18. The highest BCUT2D eigenvalue weighted by Crippen LogP contribution is 2.51. The molecule has 0 aromatic carbocycles. The molecule has 1 rings (SSSR count). The lowest BCUT2D eigenvalue weighted by Gasteiger charge is -2.18. The molecule has 1 fully saturated rings. The second-order valence-corrected chi connectivity index (χ2v) is 6.64. The van der Waals surface area contributed by atoms with Crippen molar-refractivity contribution >= 4 is 18.5 Å². The Balaban J connectivity index is 2.45. The average molecular weight is 232 g/mol. The van der Waals surface area contributed by atoms with Crippen LogP contribution in [0, 0.1) is 0 Å². The maximum atomic E-state index is 11.3. The first kappa shape index (κ1) is 11.5. The molecule has 1 saturated heterocycles. The smallest absolute Gasteiger partial charge is 0.312 e. The molecule has 8 heteroatoms. The van der Waals surface area contributed by atoms with Gasteiger partial charge in [0, 0.05) is 13.8 Å². The lowest BCUT2D eigenvalue weighted by Crippen LogP contribution is -2.15. The summed E-state index contributed by atoms with van der Waals surface area (Å²) in [5.41, 5.74) is 0. The molecule has 0 radical (unpaired) electrons. The zero-order valence-electron chi connectivity index (χ0n) is 7.37. The van der Waals surface area contributed by atoms with Crippen molar-refractivity contribution in [1.29, 1.82) is 0 Å². The zero-order valence-corrected chi connectivity index (χ0v) is 9.09. The van der Waals surface area contributed by atoms with Gasteiger partial charge in [0.15, 0.2) is 0 Å². The highest BCUT2D eigenvalue weighted by Gasteiger charge is 2.36. The molecule has 6 nitrogen and oxygen atoms in total. The van der Waals surface area contributed by atoms with Gasteiger partial charge >= 0.3 is 7.60 Å². The van der Waals surface area contributed by atoms with Crippen LogP contribution in [-0.2, 0) is 17.8 Å². The quantitative estimate of drug-likeness (QED) is 0.718. The Bertz CT molecular complexity index is 231. The summed E-state index contributed by atoms with van der Waals surface area (Å²) in [6.45, 7) is 1.35. The van der Waals surface area contributed by atoms with Gasteiger partial charge in [0.1, 0.15) is 6.10 Å². The molecule has 0 aromatic rings. The van der Waals surface area contributed by atoms with Gasteiger partial charge in [-0.05, 0) is 0 Å². The Morgan fingerprint density at radius 3 is 2.62 bits per heavy atom. The van der Waals surface area contributed by atoms with Gasteiger partial charge in [-0.2, -0.15) is 0 Å². The first-order chi connectivity index (χ1) is 5.85. The van der Waals surface area contributed by atoms with Crippen LogP contribution >= 0.6 is 18.5 Å². The molecule has 80 valence electrons. The number of rotatable bonds is 3. The molecular weight excluding hydrogens is 219 g/mol. The first-order valence-electron chi connectivity index (χ1n) is 3.56. The van der Waals surface area contributed by atoms with Crippen LogP contribution in [0.25, 0.3) is 0 Å². The van der Waals surface area contributed by atoms with Crippen molar-refractivity contribution in [1.82, 2.24) is 0 Å². The van der Waals surface area contributed by atoms with Crippen LogP contribution in [-0.4, -0.2) is 41.3 Å². The molecule has 2 N–H and O–H groups in total. The summed E-state index contributed by atoms with van der Waals surface area (Å²) in [5, 5.41) is 0. The molecule has 1 aliphatic heterocycles. The van der Waals surface area contributed by atoms with Crippen molar-refractivity contribution in [2.24, 2.45) is 0 Å². The normalized spacial score (nSPS) is 34.0. The van der Waals surface area contributed by atoms with Crippen molar-refractivity contribution in [3.63, 3.8) is 0 Å². The molecule has 0 aliphatic carbocycles. The lowest BCUT2D eigenvalue weighted by molar-refractivity contribution is 0.149. The van der Waals surface area contributed by atoms with Gasteiger partial charge in [-0.1, -0.05) is 0 Å². The minimum Gasteiger partial charge on any atom is -0.312 e. The average Bonchev–Trinajstić information content (AvgIpc) is 2.29. The van der Waals surface area contributed by atoms with Crippen molar-refractivity contribution in [3.05, 3.63) is 0 Å². The van der Waals surface area contributed by atoms with Gasteiger partial charge in [-0.3, -0.25) is 8.75 Å². The standard InChI is InChI=1S/C5H13O6PS/c1-9-12(2,6)11-5-3-10-13(7,8)4-5/h5,7-8H,3-4H2,1-2H3. The summed E-state index contributed by atoms with van der Waals surface area (Å²) in [4.78, 5) is 0. The van der Waals surface area contributed by atoms with E-state index in [0.29, 0.717) is 0 Å². The van der Waals surface area contributed by atoms with Crippen LogP contribution in [0.2, 0.25) is 0 Å². The molecule has 1 aliphatic rings. The van der Waals surface area contributed by atoms with Gasteiger partial charge < -0.3 is 18.2 Å². The van der Waals surface area contributed by atoms with Gasteiger partial charge in [0.25, 0.3) is 0 Å². The molecule has 2 atom stereocenters. The second-order valence-electron chi connectivity index (χ2n) is 2.74. The minimum absolute atomic E-state index is 0.0313. The summed E-state index contributed by atoms with van der Waals surface area (Å²) < 4.78 is 43.6. The molecule has 1 heterocycles. The molecule has 0 amide bonds. The Morgan fingerprint density at radius 2 is 2.23 bits per heavy atom. The number of hydrogen-bond donors (Lipinski definition) is 2. The van der Waals surface area contributed by atoms with Crippen LogP contribution in [0.1, 0.15) is 0 Å². The lowest BCUT2D eigenvalue weighted by atomic mass is 10.5. The molecule has 0 bridgehead atoms. The monoisotopic (exact) mass is 232 g/mol. The van der Waals surface area contributed by atoms with Crippen molar-refractivity contribution in [2.45, 2.75) is 6.10 Å². The zero-order chi connectivity index (χ0) is 10.1. The van der Waals surface area contributed by atoms with E-state index in [2.05, 4.69) is 8.71 Å². The Morgan fingerprint density at radius 1 is 1.62 bits per heavy atom. The van der Waals surface area contributed by atoms with Gasteiger partial charge in [0.2, 0.25) is 0 Å². The van der Waals surface area contributed by atoms with Gasteiger partial charge in [-0.25, -0.2) is 0 Å². The van der Waals surface area contributed by atoms with Crippen LogP contribution in [0.15, 0.2) is 0 Å². The minimum atomic E-state index is -3.07. The molecule has 0 aromatic heterocycles. The number of hydrogen-bond acceptors (Lipinski definition) is 6. The van der Waals surface area contributed by atoms with Gasteiger partial charge in [0.05, 0.1) is 23.2 Å². The molecule has 0 spiro atoms. The van der Waals surface area contributed by atoms with Crippen LogP contribution < -0.4 is 0 Å². The Kier molecular flexibility index (Phi) is 3.40. The maximum absolute atomic E-state index is 11.3. The summed E-state index contributed by atoms with van der Waals surface area (Å²) in [5.74, 6) is -0.0474. The van der Waals surface area contributed by atoms with E-state index in [-0.39, 0.29) is 12.4 Å². The highest BCUT2D eigenvalue weighted by molar-refractivity contribution is 8.20. The fourth-order valence-electron chi connectivity index (χ4n) is 0.898.